The first kappa shape index (κ1) is 18.1. The quantitative estimate of drug-likeness (QED) is 0.681. The lowest BCUT2D eigenvalue weighted by molar-refractivity contribution is 0.102. The monoisotopic (exact) mass is 374 g/mol. The molecular weight excluding hydrogens is 355 g/mol. The van der Waals surface area contributed by atoms with Crippen molar-refractivity contribution in [2.45, 2.75) is 33.1 Å². The standard InChI is InChI=1S/C18H19FN4O2S/c1-10-7-11(19)5-6-12(10)20-17-21-13(9-26-17)16(24)22-15-8-14(25-23-15)18(2,3)4/h5-9H,1-4H3,(H,20,21)(H,22,23,24). The summed E-state index contributed by atoms with van der Waals surface area (Å²) in [5, 5.41) is 11.8. The van der Waals surface area contributed by atoms with E-state index in [1.807, 2.05) is 20.8 Å². The molecule has 3 rings (SSSR count). The van der Waals surface area contributed by atoms with Gasteiger partial charge in [0.05, 0.1) is 0 Å². The zero-order valence-electron chi connectivity index (χ0n) is 14.9. The first-order chi connectivity index (χ1) is 12.2. The van der Waals surface area contributed by atoms with Gasteiger partial charge in [-0.2, -0.15) is 0 Å². The summed E-state index contributed by atoms with van der Waals surface area (Å²) in [5.74, 6) is 0.352. The maximum Gasteiger partial charge on any atom is 0.276 e. The van der Waals surface area contributed by atoms with Crippen LogP contribution in [0.1, 0.15) is 42.6 Å². The largest absolute Gasteiger partial charge is 0.359 e. The second-order valence-corrected chi connectivity index (χ2v) is 7.76. The predicted octanol–water partition coefficient (Wildman–Crippen LogP) is 4.87. The van der Waals surface area contributed by atoms with Crippen LogP contribution in [0.3, 0.4) is 0 Å². The molecule has 1 amide bonds. The van der Waals surface area contributed by atoms with Crippen LogP contribution in [0.5, 0.6) is 0 Å². The Hall–Kier alpha value is -2.74. The zero-order valence-corrected chi connectivity index (χ0v) is 15.7. The average Bonchev–Trinajstić information content (AvgIpc) is 3.19. The van der Waals surface area contributed by atoms with E-state index >= 15 is 0 Å². The van der Waals surface area contributed by atoms with Crippen molar-refractivity contribution in [1.82, 2.24) is 10.1 Å². The van der Waals surface area contributed by atoms with E-state index in [1.165, 1.54) is 23.5 Å². The van der Waals surface area contributed by atoms with Crippen LogP contribution in [0.25, 0.3) is 0 Å². The number of aromatic nitrogens is 2. The maximum absolute atomic E-state index is 13.2. The zero-order chi connectivity index (χ0) is 18.9. The number of amides is 1. The highest BCUT2D eigenvalue weighted by Crippen LogP contribution is 2.26. The highest BCUT2D eigenvalue weighted by atomic mass is 32.1. The Bertz CT molecular complexity index is 943. The number of aryl methyl sites for hydroxylation is 1. The molecule has 6 nitrogen and oxygen atoms in total. The molecule has 0 saturated carbocycles. The molecule has 0 aliphatic carbocycles. The molecule has 136 valence electrons. The molecule has 0 bridgehead atoms. The third-order valence-corrected chi connectivity index (χ3v) is 4.42. The van der Waals surface area contributed by atoms with Crippen molar-refractivity contribution in [1.29, 1.82) is 0 Å². The first-order valence-corrected chi connectivity index (χ1v) is 8.87. The molecule has 2 aromatic heterocycles. The SMILES string of the molecule is Cc1cc(F)ccc1Nc1nc(C(=O)Nc2cc(C(C)(C)C)on2)cs1. The lowest BCUT2D eigenvalue weighted by Gasteiger charge is -2.11. The number of halogens is 1. The average molecular weight is 374 g/mol. The molecule has 0 spiro atoms. The van der Waals surface area contributed by atoms with Crippen molar-refractivity contribution in [3.05, 3.63) is 52.5 Å². The molecule has 2 N–H and O–H groups in total. The van der Waals surface area contributed by atoms with Gasteiger partial charge in [0, 0.05) is 22.5 Å². The normalized spacial score (nSPS) is 11.4. The van der Waals surface area contributed by atoms with Gasteiger partial charge in [-0.3, -0.25) is 4.79 Å². The minimum absolute atomic E-state index is 0.194. The van der Waals surface area contributed by atoms with Crippen LogP contribution in [0.2, 0.25) is 0 Å². The summed E-state index contributed by atoms with van der Waals surface area (Å²) in [6, 6.07) is 6.13. The number of rotatable bonds is 4. The Kier molecular flexibility index (Phi) is 4.78. The van der Waals surface area contributed by atoms with E-state index in [2.05, 4.69) is 20.8 Å². The van der Waals surface area contributed by atoms with Crippen LogP contribution in [0.15, 0.2) is 34.2 Å². The molecular formula is C18H19FN4O2S. The number of thiazole rings is 1. The topological polar surface area (TPSA) is 80.0 Å². The lowest BCUT2D eigenvalue weighted by atomic mass is 9.93. The van der Waals surface area contributed by atoms with Gasteiger partial charge in [0.15, 0.2) is 10.9 Å². The molecule has 0 atom stereocenters. The van der Waals surface area contributed by atoms with Gasteiger partial charge < -0.3 is 15.2 Å². The van der Waals surface area contributed by atoms with E-state index < -0.39 is 0 Å². The van der Waals surface area contributed by atoms with E-state index in [1.54, 1.807) is 24.4 Å². The molecule has 0 aliphatic heterocycles. The highest BCUT2D eigenvalue weighted by molar-refractivity contribution is 7.14. The van der Waals surface area contributed by atoms with Crippen molar-refractivity contribution >= 4 is 33.9 Å². The number of carbonyl (C=O) groups is 1. The Labute approximate surface area is 154 Å². The second kappa shape index (κ2) is 6.87. The molecule has 3 aromatic rings. The van der Waals surface area contributed by atoms with Crippen molar-refractivity contribution < 1.29 is 13.7 Å². The number of anilines is 3. The lowest BCUT2D eigenvalue weighted by Crippen LogP contribution is -2.13. The number of nitrogens with one attached hydrogen (secondary N) is 2. The summed E-state index contributed by atoms with van der Waals surface area (Å²) >= 11 is 1.28. The number of carbonyl (C=O) groups excluding carboxylic acids is 1. The Morgan fingerprint density at radius 1 is 1.27 bits per heavy atom. The second-order valence-electron chi connectivity index (χ2n) is 6.90. The van der Waals surface area contributed by atoms with Gasteiger partial charge in [-0.05, 0) is 30.7 Å². The van der Waals surface area contributed by atoms with E-state index in [9.17, 15) is 9.18 Å². The summed E-state index contributed by atoms with van der Waals surface area (Å²) in [6.07, 6.45) is 0. The summed E-state index contributed by atoms with van der Waals surface area (Å²) in [4.78, 5) is 16.6. The van der Waals surface area contributed by atoms with Gasteiger partial charge >= 0.3 is 0 Å². The van der Waals surface area contributed by atoms with Crippen LogP contribution < -0.4 is 10.6 Å². The van der Waals surface area contributed by atoms with Gasteiger partial charge in [-0.25, -0.2) is 9.37 Å². The van der Waals surface area contributed by atoms with Crippen molar-refractivity contribution in [3.63, 3.8) is 0 Å². The Morgan fingerprint density at radius 2 is 2.04 bits per heavy atom. The number of hydrogen-bond donors (Lipinski definition) is 2. The third kappa shape index (κ3) is 4.08. The van der Waals surface area contributed by atoms with Gasteiger partial charge in [0.1, 0.15) is 17.3 Å². The fourth-order valence-corrected chi connectivity index (χ4v) is 2.89. The highest BCUT2D eigenvalue weighted by Gasteiger charge is 2.21. The van der Waals surface area contributed by atoms with Crippen molar-refractivity contribution in [2.24, 2.45) is 0 Å². The van der Waals surface area contributed by atoms with Gasteiger partial charge in [0.25, 0.3) is 5.91 Å². The van der Waals surface area contributed by atoms with Crippen molar-refractivity contribution in [3.8, 4) is 0 Å². The predicted molar refractivity (Wildman–Crippen MR) is 99.7 cm³/mol. The van der Waals surface area contributed by atoms with Crippen LogP contribution >= 0.6 is 11.3 Å². The first-order valence-electron chi connectivity index (χ1n) is 7.99. The van der Waals surface area contributed by atoms with Crippen molar-refractivity contribution in [2.75, 3.05) is 10.6 Å². The molecule has 0 unspecified atom stereocenters. The molecule has 0 radical (unpaired) electrons. The van der Waals surface area contributed by atoms with Gasteiger partial charge in [-0.1, -0.05) is 25.9 Å². The van der Waals surface area contributed by atoms with E-state index in [0.29, 0.717) is 16.7 Å². The van der Waals surface area contributed by atoms with Gasteiger partial charge in [-0.15, -0.1) is 11.3 Å². The maximum atomic E-state index is 13.2. The molecule has 26 heavy (non-hydrogen) atoms. The fraction of sp³-hybridized carbons (Fsp3) is 0.278. The fourth-order valence-electron chi connectivity index (χ4n) is 2.19. The summed E-state index contributed by atoms with van der Waals surface area (Å²) in [5.41, 5.74) is 1.56. The van der Waals surface area contributed by atoms with Crippen LogP contribution in [0.4, 0.5) is 21.0 Å². The third-order valence-electron chi connectivity index (χ3n) is 3.66. The van der Waals surface area contributed by atoms with Crippen LogP contribution in [-0.2, 0) is 5.41 Å². The van der Waals surface area contributed by atoms with E-state index in [4.69, 9.17) is 4.52 Å². The van der Waals surface area contributed by atoms with Gasteiger partial charge in [0.2, 0.25) is 0 Å². The van der Waals surface area contributed by atoms with Crippen LogP contribution in [-0.4, -0.2) is 16.0 Å². The minimum atomic E-state index is -0.376. The van der Waals surface area contributed by atoms with E-state index in [0.717, 1.165) is 11.3 Å². The minimum Gasteiger partial charge on any atom is -0.359 e. The molecule has 8 heteroatoms. The summed E-state index contributed by atoms with van der Waals surface area (Å²) in [6.45, 7) is 7.78. The Balaban J connectivity index is 1.69. The Morgan fingerprint density at radius 3 is 2.69 bits per heavy atom. The summed E-state index contributed by atoms with van der Waals surface area (Å²) < 4.78 is 18.4. The number of hydrogen-bond acceptors (Lipinski definition) is 6. The summed E-state index contributed by atoms with van der Waals surface area (Å²) in [7, 11) is 0. The molecule has 0 saturated heterocycles. The molecule has 2 heterocycles. The molecule has 0 fully saturated rings. The molecule has 0 aliphatic rings. The van der Waals surface area contributed by atoms with Crippen LogP contribution in [0, 0.1) is 12.7 Å². The number of benzene rings is 1. The van der Waals surface area contributed by atoms with E-state index in [-0.39, 0.29) is 22.8 Å². The number of nitrogens with zero attached hydrogens (tertiary/aromatic N) is 2. The molecule has 1 aromatic carbocycles. The smallest absolute Gasteiger partial charge is 0.276 e.